The van der Waals surface area contributed by atoms with Crippen LogP contribution in [0.2, 0.25) is 0 Å². The number of nitrogens with zero attached hydrogens (tertiary/aromatic N) is 4. The number of hydrogen-bond acceptors (Lipinski definition) is 3. The number of hydrogen-bond donors (Lipinski definition) is 0. The van der Waals surface area contributed by atoms with Crippen molar-refractivity contribution < 1.29 is 0 Å². The molecule has 0 fully saturated rings. The van der Waals surface area contributed by atoms with Gasteiger partial charge in [0.2, 0.25) is 0 Å². The number of imidazole rings is 1. The highest BCUT2D eigenvalue weighted by atomic mass is 15.1. The molecule has 3 aromatic rings. The first-order chi connectivity index (χ1) is 9.69. The Morgan fingerprint density at radius 1 is 1.25 bits per heavy atom. The van der Waals surface area contributed by atoms with Crippen LogP contribution in [0.15, 0.2) is 36.5 Å². The van der Waals surface area contributed by atoms with Crippen LogP contribution in [0.5, 0.6) is 0 Å². The summed E-state index contributed by atoms with van der Waals surface area (Å²) < 4.78 is 2.05. The van der Waals surface area contributed by atoms with Crippen LogP contribution in [0, 0.1) is 25.2 Å². The summed E-state index contributed by atoms with van der Waals surface area (Å²) in [4.78, 5) is 9.01. The Kier molecular flexibility index (Phi) is 2.96. The van der Waals surface area contributed by atoms with Gasteiger partial charge >= 0.3 is 0 Å². The minimum absolute atomic E-state index is 0.613. The van der Waals surface area contributed by atoms with Crippen molar-refractivity contribution in [2.45, 2.75) is 20.4 Å². The molecule has 0 aliphatic carbocycles. The molecule has 0 atom stereocenters. The zero-order chi connectivity index (χ0) is 14.1. The van der Waals surface area contributed by atoms with Crippen molar-refractivity contribution in [1.29, 1.82) is 5.26 Å². The van der Waals surface area contributed by atoms with Gasteiger partial charge in [0.25, 0.3) is 0 Å². The Labute approximate surface area is 117 Å². The van der Waals surface area contributed by atoms with Crippen molar-refractivity contribution in [3.8, 4) is 6.07 Å². The molecule has 2 heterocycles. The topological polar surface area (TPSA) is 54.5 Å². The summed E-state index contributed by atoms with van der Waals surface area (Å²) >= 11 is 0. The fourth-order valence-electron chi connectivity index (χ4n) is 2.35. The van der Waals surface area contributed by atoms with Gasteiger partial charge in [0, 0.05) is 6.20 Å². The maximum absolute atomic E-state index is 9.18. The lowest BCUT2D eigenvalue weighted by Crippen LogP contribution is -2.04. The molecule has 0 spiro atoms. The van der Waals surface area contributed by atoms with E-state index in [2.05, 4.69) is 16.0 Å². The van der Waals surface area contributed by atoms with Crippen LogP contribution in [0.3, 0.4) is 0 Å². The Hall–Kier alpha value is -2.67. The normalized spacial score (nSPS) is 10.7. The van der Waals surface area contributed by atoms with Gasteiger partial charge in [-0.1, -0.05) is 18.2 Å². The van der Waals surface area contributed by atoms with Gasteiger partial charge < -0.3 is 4.57 Å². The first kappa shape index (κ1) is 12.4. The van der Waals surface area contributed by atoms with Gasteiger partial charge in [0.15, 0.2) is 5.65 Å². The third kappa shape index (κ3) is 2.04. The van der Waals surface area contributed by atoms with Crippen LogP contribution in [0.25, 0.3) is 11.2 Å². The second-order valence-corrected chi connectivity index (χ2v) is 4.87. The first-order valence-corrected chi connectivity index (χ1v) is 6.46. The molecule has 20 heavy (non-hydrogen) atoms. The molecule has 0 aliphatic heterocycles. The molecule has 0 radical (unpaired) electrons. The second-order valence-electron chi connectivity index (χ2n) is 4.87. The van der Waals surface area contributed by atoms with E-state index >= 15 is 0 Å². The molecule has 0 N–H and O–H groups in total. The van der Waals surface area contributed by atoms with E-state index in [1.54, 1.807) is 0 Å². The molecule has 0 saturated carbocycles. The molecule has 0 aliphatic rings. The van der Waals surface area contributed by atoms with E-state index in [9.17, 15) is 5.26 Å². The van der Waals surface area contributed by atoms with E-state index in [-0.39, 0.29) is 0 Å². The van der Waals surface area contributed by atoms with Crippen molar-refractivity contribution in [3.05, 3.63) is 59.0 Å². The average molecular weight is 262 g/mol. The second kappa shape index (κ2) is 4.78. The van der Waals surface area contributed by atoms with Gasteiger partial charge in [-0.25, -0.2) is 9.97 Å². The SMILES string of the molecule is Cc1cnc2c(c1)nc(C)n2Cc1ccccc1C#N. The van der Waals surface area contributed by atoms with E-state index in [1.165, 1.54) is 0 Å². The van der Waals surface area contributed by atoms with Crippen LogP contribution in [0.1, 0.15) is 22.5 Å². The molecule has 1 aromatic carbocycles. The zero-order valence-electron chi connectivity index (χ0n) is 11.5. The molecular weight excluding hydrogens is 248 g/mol. The fourth-order valence-corrected chi connectivity index (χ4v) is 2.35. The number of rotatable bonds is 2. The maximum atomic E-state index is 9.18. The van der Waals surface area contributed by atoms with Crippen LogP contribution in [0.4, 0.5) is 0 Å². The number of benzene rings is 1. The molecule has 2 aromatic heterocycles. The monoisotopic (exact) mass is 262 g/mol. The molecule has 0 bridgehead atoms. The van der Waals surface area contributed by atoms with E-state index in [4.69, 9.17) is 0 Å². The molecule has 4 nitrogen and oxygen atoms in total. The molecule has 4 heteroatoms. The van der Waals surface area contributed by atoms with Gasteiger partial charge in [0.1, 0.15) is 11.3 Å². The van der Waals surface area contributed by atoms with E-state index in [1.807, 2.05) is 54.9 Å². The standard InChI is InChI=1S/C16H14N4/c1-11-7-15-16(18-9-11)20(12(2)19-15)10-14-6-4-3-5-13(14)8-17/h3-7,9H,10H2,1-2H3. The Morgan fingerprint density at radius 2 is 2.05 bits per heavy atom. The van der Waals surface area contributed by atoms with Crippen molar-refractivity contribution in [1.82, 2.24) is 14.5 Å². The van der Waals surface area contributed by atoms with Crippen molar-refractivity contribution in [2.24, 2.45) is 0 Å². The number of aryl methyl sites for hydroxylation is 2. The van der Waals surface area contributed by atoms with E-state index < -0.39 is 0 Å². The summed E-state index contributed by atoms with van der Waals surface area (Å²) in [5.41, 5.74) is 4.54. The Balaban J connectivity index is 2.11. The van der Waals surface area contributed by atoms with Crippen LogP contribution in [-0.4, -0.2) is 14.5 Å². The van der Waals surface area contributed by atoms with Crippen molar-refractivity contribution in [3.63, 3.8) is 0 Å². The predicted octanol–water partition coefficient (Wildman–Crippen LogP) is 2.97. The van der Waals surface area contributed by atoms with Gasteiger partial charge in [-0.3, -0.25) is 0 Å². The lowest BCUT2D eigenvalue weighted by molar-refractivity contribution is 0.775. The third-order valence-corrected chi connectivity index (χ3v) is 3.38. The minimum atomic E-state index is 0.613. The summed E-state index contributed by atoms with van der Waals surface area (Å²) in [5.74, 6) is 0.908. The highest BCUT2D eigenvalue weighted by molar-refractivity contribution is 5.72. The zero-order valence-corrected chi connectivity index (χ0v) is 11.5. The lowest BCUT2D eigenvalue weighted by atomic mass is 10.1. The molecule has 0 amide bonds. The van der Waals surface area contributed by atoms with Crippen LogP contribution >= 0.6 is 0 Å². The molecule has 0 unspecified atom stereocenters. The number of nitriles is 1. The fraction of sp³-hybridized carbons (Fsp3) is 0.188. The van der Waals surface area contributed by atoms with Crippen molar-refractivity contribution >= 4 is 11.2 Å². The lowest BCUT2D eigenvalue weighted by Gasteiger charge is -2.07. The summed E-state index contributed by atoms with van der Waals surface area (Å²) in [5, 5.41) is 9.18. The maximum Gasteiger partial charge on any atom is 0.160 e. The first-order valence-electron chi connectivity index (χ1n) is 6.46. The van der Waals surface area contributed by atoms with Crippen LogP contribution in [-0.2, 0) is 6.54 Å². The Bertz CT molecular complexity index is 824. The van der Waals surface area contributed by atoms with Gasteiger partial charge in [-0.05, 0) is 37.1 Å². The Morgan fingerprint density at radius 3 is 2.85 bits per heavy atom. The van der Waals surface area contributed by atoms with Gasteiger partial charge in [-0.2, -0.15) is 5.26 Å². The highest BCUT2D eigenvalue weighted by Crippen LogP contribution is 2.18. The summed E-state index contributed by atoms with van der Waals surface area (Å²) in [6.07, 6.45) is 1.84. The summed E-state index contributed by atoms with van der Waals surface area (Å²) in [6, 6.07) is 11.9. The predicted molar refractivity (Wildman–Crippen MR) is 77.3 cm³/mol. The molecule has 0 saturated heterocycles. The molecule has 3 rings (SSSR count). The largest absolute Gasteiger partial charge is 0.308 e. The quantitative estimate of drug-likeness (QED) is 0.713. The number of aromatic nitrogens is 3. The summed E-state index contributed by atoms with van der Waals surface area (Å²) in [6.45, 7) is 4.58. The number of pyridine rings is 1. The van der Waals surface area contributed by atoms with E-state index in [0.717, 1.165) is 28.1 Å². The van der Waals surface area contributed by atoms with E-state index in [0.29, 0.717) is 12.1 Å². The third-order valence-electron chi connectivity index (χ3n) is 3.38. The molecular formula is C16H14N4. The highest BCUT2D eigenvalue weighted by Gasteiger charge is 2.10. The van der Waals surface area contributed by atoms with Crippen LogP contribution < -0.4 is 0 Å². The smallest absolute Gasteiger partial charge is 0.160 e. The van der Waals surface area contributed by atoms with Crippen molar-refractivity contribution in [2.75, 3.05) is 0 Å². The molecule has 98 valence electrons. The number of fused-ring (bicyclic) bond motifs is 1. The van der Waals surface area contributed by atoms with Gasteiger partial charge in [0.05, 0.1) is 18.2 Å². The minimum Gasteiger partial charge on any atom is -0.308 e. The average Bonchev–Trinajstić information content (AvgIpc) is 2.75. The van der Waals surface area contributed by atoms with Gasteiger partial charge in [-0.15, -0.1) is 0 Å². The summed E-state index contributed by atoms with van der Waals surface area (Å²) in [7, 11) is 0.